The van der Waals surface area contributed by atoms with E-state index in [1.54, 1.807) is 29.2 Å². The molecule has 29 heavy (non-hydrogen) atoms. The third-order valence-corrected chi connectivity index (χ3v) is 6.39. The van der Waals surface area contributed by atoms with E-state index < -0.39 is 0 Å². The van der Waals surface area contributed by atoms with Gasteiger partial charge >= 0.3 is 0 Å². The van der Waals surface area contributed by atoms with E-state index in [4.69, 9.17) is 16.3 Å². The van der Waals surface area contributed by atoms with Gasteiger partial charge in [-0.2, -0.15) is 5.10 Å². The number of benzene rings is 1. The fourth-order valence-corrected chi connectivity index (χ4v) is 4.53. The molecule has 1 fully saturated rings. The summed E-state index contributed by atoms with van der Waals surface area (Å²) < 4.78 is 7.86. The molecule has 1 amide bonds. The molecular formula is C17H18ClN7O2S2. The lowest BCUT2D eigenvalue weighted by atomic mass is 10.2. The van der Waals surface area contributed by atoms with Gasteiger partial charge in [0.1, 0.15) is 12.7 Å². The summed E-state index contributed by atoms with van der Waals surface area (Å²) >= 11 is 8.83. The predicted octanol–water partition coefficient (Wildman–Crippen LogP) is 3.09. The molecule has 0 spiro atoms. The van der Waals surface area contributed by atoms with Crippen molar-refractivity contribution in [2.75, 3.05) is 29.5 Å². The molecule has 1 unspecified atom stereocenters. The largest absolute Gasteiger partial charge is 0.376 e. The molecular weight excluding hydrogens is 434 g/mol. The first kappa shape index (κ1) is 20.1. The fourth-order valence-electron chi connectivity index (χ4n) is 2.80. The lowest BCUT2D eigenvalue weighted by Gasteiger charge is -2.11. The third-order valence-electron chi connectivity index (χ3n) is 4.14. The van der Waals surface area contributed by atoms with Crippen LogP contribution in [-0.4, -0.2) is 55.9 Å². The summed E-state index contributed by atoms with van der Waals surface area (Å²) in [5.41, 5.74) is 1.24. The minimum Gasteiger partial charge on any atom is -0.376 e. The molecule has 0 bridgehead atoms. The Labute approximate surface area is 180 Å². The Bertz CT molecular complexity index is 961. The number of amides is 1. The monoisotopic (exact) mass is 451 g/mol. The molecule has 3 aromatic rings. The molecule has 3 heterocycles. The van der Waals surface area contributed by atoms with Crippen molar-refractivity contribution in [2.24, 2.45) is 0 Å². The number of rotatable bonds is 8. The molecule has 1 aliphatic heterocycles. The van der Waals surface area contributed by atoms with Crippen LogP contribution < -0.4 is 10.6 Å². The number of aromatic nitrogens is 5. The summed E-state index contributed by atoms with van der Waals surface area (Å²) in [7, 11) is 0. The van der Waals surface area contributed by atoms with E-state index in [2.05, 4.69) is 30.9 Å². The predicted molar refractivity (Wildman–Crippen MR) is 113 cm³/mol. The summed E-state index contributed by atoms with van der Waals surface area (Å²) in [5, 5.41) is 19.7. The van der Waals surface area contributed by atoms with Gasteiger partial charge in [0.15, 0.2) is 4.34 Å². The van der Waals surface area contributed by atoms with Gasteiger partial charge in [-0.05, 0) is 31.0 Å². The zero-order valence-electron chi connectivity index (χ0n) is 15.2. The smallest absolute Gasteiger partial charge is 0.234 e. The highest BCUT2D eigenvalue weighted by Gasteiger charge is 2.16. The number of anilines is 2. The van der Waals surface area contributed by atoms with Crippen molar-refractivity contribution in [3.05, 3.63) is 35.9 Å². The van der Waals surface area contributed by atoms with E-state index in [0.717, 1.165) is 35.5 Å². The molecule has 9 nitrogen and oxygen atoms in total. The second-order valence-corrected chi connectivity index (χ2v) is 8.86. The van der Waals surface area contributed by atoms with E-state index >= 15 is 0 Å². The van der Waals surface area contributed by atoms with Crippen molar-refractivity contribution in [1.82, 2.24) is 25.0 Å². The van der Waals surface area contributed by atoms with Crippen LogP contribution in [0.15, 0.2) is 35.2 Å². The molecule has 1 aliphatic rings. The van der Waals surface area contributed by atoms with Crippen molar-refractivity contribution in [1.29, 1.82) is 0 Å². The van der Waals surface area contributed by atoms with Gasteiger partial charge in [-0.25, -0.2) is 9.67 Å². The second-order valence-electron chi connectivity index (χ2n) is 6.23. The van der Waals surface area contributed by atoms with E-state index in [0.29, 0.717) is 16.4 Å². The standard InChI is InChI=1S/C17H18ClN7O2S2/c18-11-3-4-14(25-10-19-9-21-25)13(6-11)22-15(26)8-28-17-24-23-16(29-17)20-7-12-2-1-5-27-12/h3-4,6,9-10,12H,1-2,5,7-8H2,(H,20,23)(H,22,26). The van der Waals surface area contributed by atoms with Gasteiger partial charge in [0.2, 0.25) is 11.0 Å². The fraction of sp³-hybridized carbons (Fsp3) is 0.353. The number of thioether (sulfide) groups is 1. The van der Waals surface area contributed by atoms with Crippen LogP contribution >= 0.6 is 34.7 Å². The van der Waals surface area contributed by atoms with E-state index in [9.17, 15) is 4.79 Å². The second kappa shape index (κ2) is 9.53. The maximum atomic E-state index is 12.4. The van der Waals surface area contributed by atoms with Crippen molar-refractivity contribution in [3.8, 4) is 5.69 Å². The van der Waals surface area contributed by atoms with Crippen molar-refractivity contribution < 1.29 is 9.53 Å². The first-order valence-electron chi connectivity index (χ1n) is 8.93. The lowest BCUT2D eigenvalue weighted by molar-refractivity contribution is -0.113. The number of hydrogen-bond donors (Lipinski definition) is 2. The number of ether oxygens (including phenoxy) is 1. The maximum Gasteiger partial charge on any atom is 0.234 e. The van der Waals surface area contributed by atoms with Crippen LogP contribution in [0.2, 0.25) is 5.02 Å². The van der Waals surface area contributed by atoms with Crippen LogP contribution in [0.4, 0.5) is 10.8 Å². The Morgan fingerprint density at radius 3 is 3.14 bits per heavy atom. The molecule has 1 atom stereocenters. The van der Waals surface area contributed by atoms with Gasteiger partial charge in [0.05, 0.1) is 23.2 Å². The third kappa shape index (κ3) is 5.44. The van der Waals surface area contributed by atoms with Crippen LogP contribution in [0.3, 0.4) is 0 Å². The molecule has 1 saturated heterocycles. The summed E-state index contributed by atoms with van der Waals surface area (Å²) in [4.78, 5) is 16.4. The minimum atomic E-state index is -0.178. The molecule has 2 N–H and O–H groups in total. The van der Waals surface area contributed by atoms with Crippen LogP contribution in [-0.2, 0) is 9.53 Å². The van der Waals surface area contributed by atoms with Crippen molar-refractivity contribution in [3.63, 3.8) is 0 Å². The molecule has 0 saturated carbocycles. The van der Waals surface area contributed by atoms with Crippen molar-refractivity contribution in [2.45, 2.75) is 23.3 Å². The van der Waals surface area contributed by atoms with Crippen LogP contribution in [0.25, 0.3) is 5.69 Å². The lowest BCUT2D eigenvalue weighted by Crippen LogP contribution is -2.18. The number of nitrogens with zero attached hydrogens (tertiary/aromatic N) is 5. The number of hydrogen-bond acceptors (Lipinski definition) is 9. The van der Waals surface area contributed by atoms with Gasteiger partial charge in [-0.3, -0.25) is 4.79 Å². The van der Waals surface area contributed by atoms with Gasteiger partial charge < -0.3 is 15.4 Å². The van der Waals surface area contributed by atoms with Gasteiger partial charge in [-0.15, -0.1) is 10.2 Å². The van der Waals surface area contributed by atoms with Crippen LogP contribution in [0.1, 0.15) is 12.8 Å². The highest BCUT2D eigenvalue weighted by Crippen LogP contribution is 2.27. The summed E-state index contributed by atoms with van der Waals surface area (Å²) in [6, 6.07) is 5.19. The average molecular weight is 452 g/mol. The van der Waals surface area contributed by atoms with Crippen molar-refractivity contribution >= 4 is 51.4 Å². The van der Waals surface area contributed by atoms with Gasteiger partial charge in [0, 0.05) is 18.2 Å². The number of nitrogens with one attached hydrogen (secondary N) is 2. The highest BCUT2D eigenvalue weighted by molar-refractivity contribution is 8.01. The number of carbonyl (C=O) groups excluding carboxylic acids is 1. The van der Waals surface area contributed by atoms with E-state index in [1.807, 2.05) is 0 Å². The Morgan fingerprint density at radius 1 is 1.41 bits per heavy atom. The molecule has 1 aromatic carbocycles. The first-order valence-corrected chi connectivity index (χ1v) is 11.1. The SMILES string of the molecule is O=C(CSc1nnc(NCC2CCCO2)s1)Nc1cc(Cl)ccc1-n1cncn1. The minimum absolute atomic E-state index is 0.178. The normalized spacial score (nSPS) is 16.1. The van der Waals surface area contributed by atoms with Gasteiger partial charge in [-0.1, -0.05) is 34.7 Å². The summed E-state index contributed by atoms with van der Waals surface area (Å²) in [6.07, 6.45) is 5.38. The number of carbonyl (C=O) groups is 1. The van der Waals surface area contributed by atoms with E-state index in [1.165, 1.54) is 29.4 Å². The Hall–Kier alpha value is -2.21. The molecule has 0 radical (unpaired) electrons. The average Bonchev–Trinajstić information content (AvgIpc) is 3.47. The van der Waals surface area contributed by atoms with Crippen LogP contribution in [0.5, 0.6) is 0 Å². The zero-order chi connectivity index (χ0) is 20.1. The molecule has 4 rings (SSSR count). The summed E-state index contributed by atoms with van der Waals surface area (Å²) in [5.74, 6) is 0.0200. The Morgan fingerprint density at radius 2 is 2.34 bits per heavy atom. The Kier molecular flexibility index (Phi) is 6.60. The quantitative estimate of drug-likeness (QED) is 0.503. The van der Waals surface area contributed by atoms with Crippen LogP contribution in [0, 0.1) is 0 Å². The number of halogens is 1. The van der Waals surface area contributed by atoms with E-state index in [-0.39, 0.29) is 17.8 Å². The Balaban J connectivity index is 1.31. The molecule has 152 valence electrons. The molecule has 0 aliphatic carbocycles. The highest BCUT2D eigenvalue weighted by atomic mass is 35.5. The zero-order valence-corrected chi connectivity index (χ0v) is 17.6. The molecule has 12 heteroatoms. The molecule has 2 aromatic heterocycles. The maximum absolute atomic E-state index is 12.4. The first-order chi connectivity index (χ1) is 14.2. The van der Waals surface area contributed by atoms with Gasteiger partial charge in [0.25, 0.3) is 0 Å². The summed E-state index contributed by atoms with van der Waals surface area (Å²) in [6.45, 7) is 1.55. The topological polar surface area (TPSA) is 107 Å².